The van der Waals surface area contributed by atoms with E-state index in [0.717, 1.165) is 17.0 Å². The van der Waals surface area contributed by atoms with Crippen molar-refractivity contribution in [1.82, 2.24) is 9.97 Å². The van der Waals surface area contributed by atoms with Crippen LogP contribution < -0.4 is 20.7 Å². The van der Waals surface area contributed by atoms with Gasteiger partial charge in [0.1, 0.15) is 11.4 Å². The molecule has 31 heavy (non-hydrogen) atoms. The van der Waals surface area contributed by atoms with Crippen LogP contribution in [0.1, 0.15) is 24.7 Å². The van der Waals surface area contributed by atoms with Gasteiger partial charge in [-0.2, -0.15) is 5.26 Å². The fourth-order valence-corrected chi connectivity index (χ4v) is 3.86. The smallest absolute Gasteiger partial charge is 0.261 e. The van der Waals surface area contributed by atoms with Crippen molar-refractivity contribution in [2.24, 2.45) is 5.73 Å². The first kappa shape index (κ1) is 20.6. The van der Waals surface area contributed by atoms with Crippen LogP contribution in [0, 0.1) is 11.3 Å². The van der Waals surface area contributed by atoms with Gasteiger partial charge in [0.05, 0.1) is 42.7 Å². The van der Waals surface area contributed by atoms with E-state index in [1.54, 1.807) is 18.5 Å². The van der Waals surface area contributed by atoms with Crippen molar-refractivity contribution in [2.75, 3.05) is 36.5 Å². The standard InChI is InChI=1S/C22H24N6O3/c1-22(3-4-23)13-15-11-17(18(12-19(15)31-22)28-7-9-30-10-8-28)27-21(29)16(14-24)20-25-5-2-6-26-20/h2,5-6,11-12,14H,3,7-10,13,24H2,1H3,(H,27,29). The molecule has 0 spiro atoms. The van der Waals surface area contributed by atoms with Crippen LogP contribution in [-0.4, -0.2) is 47.8 Å². The molecule has 0 radical (unpaired) electrons. The number of carbonyl (C=O) groups excluding carboxylic acids is 1. The summed E-state index contributed by atoms with van der Waals surface area (Å²) in [5, 5.41) is 12.1. The van der Waals surface area contributed by atoms with Crippen molar-refractivity contribution in [3.05, 3.63) is 48.2 Å². The number of carbonyl (C=O) groups is 1. The molecule has 1 atom stereocenters. The minimum atomic E-state index is -0.581. The van der Waals surface area contributed by atoms with E-state index < -0.39 is 11.5 Å². The molecule has 2 aliphatic heterocycles. The second-order valence-electron chi connectivity index (χ2n) is 7.75. The second kappa shape index (κ2) is 8.62. The molecule has 1 aromatic heterocycles. The molecule has 3 N–H and O–H groups in total. The van der Waals surface area contributed by atoms with Crippen molar-refractivity contribution in [3.63, 3.8) is 0 Å². The Morgan fingerprint density at radius 2 is 2.10 bits per heavy atom. The molecule has 1 saturated heterocycles. The number of benzene rings is 1. The van der Waals surface area contributed by atoms with Gasteiger partial charge in [-0.05, 0) is 19.1 Å². The van der Waals surface area contributed by atoms with Gasteiger partial charge in [0.25, 0.3) is 5.91 Å². The Bertz CT molecular complexity index is 1040. The fraction of sp³-hybridized carbons (Fsp3) is 0.364. The molecule has 2 aliphatic rings. The average molecular weight is 420 g/mol. The number of rotatable bonds is 5. The first-order valence-corrected chi connectivity index (χ1v) is 10.1. The number of nitrogens with two attached hydrogens (primary N) is 1. The summed E-state index contributed by atoms with van der Waals surface area (Å²) in [6, 6.07) is 7.72. The lowest BCUT2D eigenvalue weighted by molar-refractivity contribution is -0.111. The number of hydrogen-bond donors (Lipinski definition) is 2. The third-order valence-corrected chi connectivity index (χ3v) is 5.37. The predicted octanol–water partition coefficient (Wildman–Crippen LogP) is 1.86. The van der Waals surface area contributed by atoms with Crippen molar-refractivity contribution in [3.8, 4) is 11.8 Å². The van der Waals surface area contributed by atoms with Gasteiger partial charge in [0.15, 0.2) is 5.82 Å². The van der Waals surface area contributed by atoms with E-state index in [4.69, 9.17) is 20.5 Å². The molecule has 160 valence electrons. The normalized spacial score (nSPS) is 20.5. The van der Waals surface area contributed by atoms with Crippen LogP contribution in [0.2, 0.25) is 0 Å². The molecule has 4 rings (SSSR count). The summed E-state index contributed by atoms with van der Waals surface area (Å²) < 4.78 is 11.6. The Balaban J connectivity index is 1.68. The summed E-state index contributed by atoms with van der Waals surface area (Å²) >= 11 is 0. The van der Waals surface area contributed by atoms with E-state index in [9.17, 15) is 4.79 Å². The molecule has 2 aromatic rings. The first-order chi connectivity index (χ1) is 15.0. The summed E-state index contributed by atoms with van der Waals surface area (Å²) in [6.07, 6.45) is 5.19. The van der Waals surface area contributed by atoms with Crippen LogP contribution in [0.25, 0.3) is 5.57 Å². The number of nitriles is 1. The van der Waals surface area contributed by atoms with Crippen LogP contribution in [0.15, 0.2) is 36.8 Å². The highest BCUT2D eigenvalue weighted by atomic mass is 16.5. The Morgan fingerprint density at radius 1 is 1.35 bits per heavy atom. The minimum absolute atomic E-state index is 0.180. The first-order valence-electron chi connectivity index (χ1n) is 10.1. The maximum atomic E-state index is 13.1. The maximum absolute atomic E-state index is 13.1. The number of nitrogens with one attached hydrogen (secondary N) is 1. The Kier molecular flexibility index (Phi) is 5.73. The Hall–Kier alpha value is -3.64. The molecule has 1 unspecified atom stereocenters. The molecule has 1 amide bonds. The predicted molar refractivity (Wildman–Crippen MR) is 115 cm³/mol. The van der Waals surface area contributed by atoms with Crippen LogP contribution in [0.3, 0.4) is 0 Å². The molecule has 0 aliphatic carbocycles. The molecule has 9 heteroatoms. The van der Waals surface area contributed by atoms with E-state index >= 15 is 0 Å². The second-order valence-corrected chi connectivity index (χ2v) is 7.75. The maximum Gasteiger partial charge on any atom is 0.261 e. The van der Waals surface area contributed by atoms with Gasteiger partial charge in [0.2, 0.25) is 0 Å². The third kappa shape index (κ3) is 4.29. The van der Waals surface area contributed by atoms with Gasteiger partial charge < -0.3 is 25.4 Å². The molecule has 0 bridgehead atoms. The molecule has 9 nitrogen and oxygen atoms in total. The largest absolute Gasteiger partial charge is 0.486 e. The van der Waals surface area contributed by atoms with Crippen molar-refractivity contribution >= 4 is 22.9 Å². The Morgan fingerprint density at radius 3 is 2.77 bits per heavy atom. The zero-order valence-electron chi connectivity index (χ0n) is 17.3. The molecule has 0 saturated carbocycles. The monoisotopic (exact) mass is 420 g/mol. The number of amides is 1. The lowest BCUT2D eigenvalue weighted by atomic mass is 9.96. The van der Waals surface area contributed by atoms with Gasteiger partial charge in [-0.3, -0.25) is 4.79 Å². The van der Waals surface area contributed by atoms with Gasteiger partial charge in [-0.1, -0.05) is 0 Å². The molecule has 1 fully saturated rings. The number of hydrogen-bond acceptors (Lipinski definition) is 8. The minimum Gasteiger partial charge on any atom is -0.486 e. The van der Waals surface area contributed by atoms with Gasteiger partial charge in [-0.25, -0.2) is 9.97 Å². The van der Waals surface area contributed by atoms with E-state index in [1.807, 2.05) is 19.1 Å². The average Bonchev–Trinajstić information content (AvgIpc) is 3.10. The highest BCUT2D eigenvalue weighted by Gasteiger charge is 2.36. The van der Waals surface area contributed by atoms with Gasteiger partial charge in [0, 0.05) is 49.7 Å². The number of fused-ring (bicyclic) bond motifs is 1. The number of anilines is 2. The summed E-state index contributed by atoms with van der Waals surface area (Å²) in [4.78, 5) is 23.4. The molecule has 1 aromatic carbocycles. The fourth-order valence-electron chi connectivity index (χ4n) is 3.86. The molecule has 3 heterocycles. The highest BCUT2D eigenvalue weighted by Crippen LogP contribution is 2.43. The lowest BCUT2D eigenvalue weighted by Gasteiger charge is -2.31. The van der Waals surface area contributed by atoms with E-state index in [1.165, 1.54) is 6.20 Å². The third-order valence-electron chi connectivity index (χ3n) is 5.37. The van der Waals surface area contributed by atoms with E-state index in [0.29, 0.717) is 38.4 Å². The summed E-state index contributed by atoms with van der Waals surface area (Å²) in [5.74, 6) is 0.585. The summed E-state index contributed by atoms with van der Waals surface area (Å²) in [5.41, 5.74) is 7.74. The van der Waals surface area contributed by atoms with Crippen molar-refractivity contribution < 1.29 is 14.3 Å². The lowest BCUT2D eigenvalue weighted by Crippen LogP contribution is -2.36. The zero-order chi connectivity index (χ0) is 21.8. The quantitative estimate of drug-likeness (QED) is 0.702. The number of aromatic nitrogens is 2. The number of nitrogens with zero attached hydrogens (tertiary/aromatic N) is 4. The van der Waals surface area contributed by atoms with Crippen LogP contribution >= 0.6 is 0 Å². The molecular weight excluding hydrogens is 396 g/mol. The van der Waals surface area contributed by atoms with Crippen LogP contribution in [0.4, 0.5) is 11.4 Å². The summed E-state index contributed by atoms with van der Waals surface area (Å²) in [6.45, 7) is 4.51. The van der Waals surface area contributed by atoms with Crippen LogP contribution in [-0.2, 0) is 16.0 Å². The van der Waals surface area contributed by atoms with E-state index in [-0.39, 0.29) is 17.8 Å². The van der Waals surface area contributed by atoms with Gasteiger partial charge in [-0.15, -0.1) is 0 Å². The van der Waals surface area contributed by atoms with Crippen LogP contribution in [0.5, 0.6) is 5.75 Å². The SMILES string of the molecule is CC1(CC#N)Cc2cc(NC(=O)C(=CN)c3ncccn3)c(N3CCOCC3)cc2O1. The Labute approximate surface area is 180 Å². The highest BCUT2D eigenvalue weighted by molar-refractivity contribution is 6.24. The van der Waals surface area contributed by atoms with E-state index in [2.05, 4.69) is 26.3 Å². The van der Waals surface area contributed by atoms with Crippen molar-refractivity contribution in [2.45, 2.75) is 25.4 Å². The summed E-state index contributed by atoms with van der Waals surface area (Å²) in [7, 11) is 0. The molecular formula is C22H24N6O3. The topological polar surface area (TPSA) is 126 Å². The number of morpholine rings is 1. The zero-order valence-corrected chi connectivity index (χ0v) is 17.3. The van der Waals surface area contributed by atoms with Crippen molar-refractivity contribution in [1.29, 1.82) is 5.26 Å². The number of ether oxygens (including phenoxy) is 2. The van der Waals surface area contributed by atoms with Gasteiger partial charge >= 0.3 is 0 Å².